The van der Waals surface area contributed by atoms with Crippen LogP contribution in [0.3, 0.4) is 0 Å². The van der Waals surface area contributed by atoms with Crippen LogP contribution in [-0.2, 0) is 9.53 Å². The van der Waals surface area contributed by atoms with Crippen LogP contribution < -0.4 is 0 Å². The van der Waals surface area contributed by atoms with E-state index in [-0.39, 0.29) is 17.8 Å². The van der Waals surface area contributed by atoms with Gasteiger partial charge in [0.2, 0.25) is 0 Å². The number of ether oxygens (including phenoxy) is 1. The van der Waals surface area contributed by atoms with E-state index in [2.05, 4.69) is 4.74 Å². The second-order valence-electron chi connectivity index (χ2n) is 2.09. The number of carbonyl (C=O) groups is 1. The lowest BCUT2D eigenvalue weighted by atomic mass is 10.2. The molecular weight excluding hydrogens is 184 g/mol. The van der Waals surface area contributed by atoms with Crippen molar-refractivity contribution in [3.63, 3.8) is 0 Å². The molecule has 0 aromatic heterocycles. The zero-order chi connectivity index (χ0) is 11.0. The highest BCUT2D eigenvalue weighted by molar-refractivity contribution is 5.91. The number of nitriles is 2. The number of allylic oxidation sites excluding steroid dienone is 1. The summed E-state index contributed by atoms with van der Waals surface area (Å²) in [5.41, 5.74) is -0.511. The molecule has 0 aliphatic heterocycles. The van der Waals surface area contributed by atoms with Crippen LogP contribution in [-0.4, -0.2) is 17.7 Å². The van der Waals surface area contributed by atoms with Gasteiger partial charge in [-0.05, 0) is 13.0 Å². The molecule has 0 radical (unpaired) electrons. The first kappa shape index (κ1) is 11.7. The Morgan fingerprint density at radius 1 is 1.50 bits per heavy atom. The van der Waals surface area contributed by atoms with Gasteiger partial charge >= 0.3 is 5.97 Å². The van der Waals surface area contributed by atoms with E-state index in [0.29, 0.717) is 6.26 Å². The molecule has 0 aromatic carbocycles. The van der Waals surface area contributed by atoms with Gasteiger partial charge in [0, 0.05) is 0 Å². The van der Waals surface area contributed by atoms with Crippen LogP contribution >= 0.6 is 0 Å². The summed E-state index contributed by atoms with van der Waals surface area (Å²) in [6.07, 6.45) is 1.45. The molecule has 5 heteroatoms. The summed E-state index contributed by atoms with van der Waals surface area (Å²) in [7, 11) is 0. The first-order chi connectivity index (χ1) is 6.69. The molecule has 0 spiro atoms. The minimum Gasteiger partial charge on any atom is -0.515 e. The molecule has 0 aromatic rings. The minimum absolute atomic E-state index is 0.151. The first-order valence-corrected chi connectivity index (χ1v) is 3.73. The van der Waals surface area contributed by atoms with Gasteiger partial charge in [-0.25, -0.2) is 4.79 Å². The van der Waals surface area contributed by atoms with Crippen molar-refractivity contribution in [1.82, 2.24) is 0 Å². The summed E-state index contributed by atoms with van der Waals surface area (Å²) >= 11 is 0. The number of hydrogen-bond donors (Lipinski definition) is 1. The van der Waals surface area contributed by atoms with Gasteiger partial charge in [-0.3, -0.25) is 0 Å². The van der Waals surface area contributed by atoms with E-state index in [1.165, 1.54) is 0 Å². The van der Waals surface area contributed by atoms with Gasteiger partial charge in [0.15, 0.2) is 0 Å². The predicted octanol–water partition coefficient (Wildman–Crippen LogP) is 0.965. The molecule has 72 valence electrons. The molecule has 0 aliphatic rings. The Bertz CT molecular complexity index is 339. The lowest BCUT2D eigenvalue weighted by molar-refractivity contribution is -0.138. The van der Waals surface area contributed by atoms with Gasteiger partial charge in [0.1, 0.15) is 17.7 Å². The number of esters is 1. The van der Waals surface area contributed by atoms with E-state index in [1.807, 2.05) is 0 Å². The average Bonchev–Trinajstić information content (AvgIpc) is 2.20. The van der Waals surface area contributed by atoms with Crippen LogP contribution in [0.1, 0.15) is 6.92 Å². The second kappa shape index (κ2) is 6.27. The fourth-order valence-electron chi connectivity index (χ4n) is 0.608. The van der Waals surface area contributed by atoms with Crippen LogP contribution in [0.4, 0.5) is 0 Å². The third-order valence-corrected chi connectivity index (χ3v) is 1.19. The van der Waals surface area contributed by atoms with Crippen molar-refractivity contribution in [2.75, 3.05) is 6.61 Å². The van der Waals surface area contributed by atoms with Crippen LogP contribution in [0.15, 0.2) is 23.5 Å². The Balaban J connectivity index is 4.81. The number of hydrogen-bond acceptors (Lipinski definition) is 5. The van der Waals surface area contributed by atoms with Gasteiger partial charge < -0.3 is 9.84 Å². The van der Waals surface area contributed by atoms with Crippen LogP contribution in [0, 0.1) is 22.7 Å². The highest BCUT2D eigenvalue weighted by atomic mass is 16.5. The van der Waals surface area contributed by atoms with Crippen molar-refractivity contribution in [3.8, 4) is 12.1 Å². The summed E-state index contributed by atoms with van der Waals surface area (Å²) in [6, 6.07) is 3.11. The average molecular weight is 192 g/mol. The van der Waals surface area contributed by atoms with Crippen LogP contribution in [0.5, 0.6) is 0 Å². The summed E-state index contributed by atoms with van der Waals surface area (Å²) in [6.45, 7) is 1.75. The number of aliphatic hydroxyl groups is 1. The quantitative estimate of drug-likeness (QED) is 0.236. The minimum atomic E-state index is -0.780. The van der Waals surface area contributed by atoms with Crippen molar-refractivity contribution in [3.05, 3.63) is 23.5 Å². The molecule has 0 atom stereocenters. The molecule has 0 heterocycles. The highest BCUT2D eigenvalue weighted by Gasteiger charge is 2.09. The Morgan fingerprint density at radius 3 is 2.43 bits per heavy atom. The van der Waals surface area contributed by atoms with Gasteiger partial charge in [-0.2, -0.15) is 10.5 Å². The van der Waals surface area contributed by atoms with Crippen LogP contribution in [0.25, 0.3) is 0 Å². The fraction of sp³-hybridized carbons (Fsp3) is 0.222. The molecule has 0 bridgehead atoms. The fourth-order valence-corrected chi connectivity index (χ4v) is 0.608. The summed E-state index contributed by atoms with van der Waals surface area (Å²) in [4.78, 5) is 11.0. The van der Waals surface area contributed by atoms with E-state index in [0.717, 1.165) is 6.08 Å². The molecule has 0 saturated heterocycles. The Labute approximate surface area is 81.1 Å². The lowest BCUT2D eigenvalue weighted by Gasteiger charge is -1.99. The molecule has 0 unspecified atom stereocenters. The maximum Gasteiger partial charge on any atom is 0.341 e. The zero-order valence-corrected chi connectivity index (χ0v) is 7.52. The molecule has 0 rings (SSSR count). The molecule has 0 aliphatic carbocycles. The molecular formula is C9H8N2O3. The van der Waals surface area contributed by atoms with Crippen molar-refractivity contribution in [2.24, 2.45) is 0 Å². The van der Waals surface area contributed by atoms with E-state index in [1.54, 1.807) is 19.1 Å². The topological polar surface area (TPSA) is 94.1 Å². The maximum atomic E-state index is 11.0. The number of aliphatic hydroxyl groups excluding tert-OH is 1. The summed E-state index contributed by atoms with van der Waals surface area (Å²) < 4.78 is 4.55. The van der Waals surface area contributed by atoms with E-state index in [9.17, 15) is 4.79 Å². The van der Waals surface area contributed by atoms with Crippen molar-refractivity contribution >= 4 is 5.97 Å². The number of nitrogens with zero attached hydrogens (tertiary/aromatic N) is 2. The molecule has 0 fully saturated rings. The third-order valence-electron chi connectivity index (χ3n) is 1.19. The highest BCUT2D eigenvalue weighted by Crippen LogP contribution is 2.03. The summed E-state index contributed by atoms with van der Waals surface area (Å²) in [5.74, 6) is -0.780. The monoisotopic (exact) mass is 192 g/mol. The van der Waals surface area contributed by atoms with Gasteiger partial charge in [-0.15, -0.1) is 0 Å². The smallest absolute Gasteiger partial charge is 0.341 e. The van der Waals surface area contributed by atoms with Crippen molar-refractivity contribution in [2.45, 2.75) is 6.92 Å². The second-order valence-corrected chi connectivity index (χ2v) is 2.09. The normalized spacial score (nSPS) is 9.50. The largest absolute Gasteiger partial charge is 0.515 e. The molecule has 0 amide bonds. The standard InChI is InChI=1S/C9H8N2O3/c1-2-14-9(13)8(6-12)3-7(4-10)5-11/h3,6,12H,2H2,1H3/b8-6-. The zero-order valence-electron chi connectivity index (χ0n) is 7.52. The SMILES string of the molecule is CCOC(=O)/C(C=C(C#N)C#N)=C\O. The molecule has 1 N–H and O–H groups in total. The third kappa shape index (κ3) is 3.42. The molecule has 5 nitrogen and oxygen atoms in total. The van der Waals surface area contributed by atoms with E-state index >= 15 is 0 Å². The Kier molecular flexibility index (Phi) is 5.25. The Hall–Kier alpha value is -2.27. The van der Waals surface area contributed by atoms with Crippen molar-refractivity contribution < 1.29 is 14.6 Å². The molecule has 14 heavy (non-hydrogen) atoms. The first-order valence-electron chi connectivity index (χ1n) is 3.73. The Morgan fingerprint density at radius 2 is 2.07 bits per heavy atom. The predicted molar refractivity (Wildman–Crippen MR) is 46.7 cm³/mol. The number of rotatable bonds is 3. The van der Waals surface area contributed by atoms with Gasteiger partial charge in [0.05, 0.1) is 18.4 Å². The molecule has 0 saturated carbocycles. The summed E-state index contributed by atoms with van der Waals surface area (Å²) in [5, 5.41) is 25.4. The maximum absolute atomic E-state index is 11.0. The number of carbonyl (C=O) groups excluding carboxylic acids is 1. The van der Waals surface area contributed by atoms with Gasteiger partial charge in [0.25, 0.3) is 0 Å². The lowest BCUT2D eigenvalue weighted by Crippen LogP contribution is -2.06. The van der Waals surface area contributed by atoms with E-state index in [4.69, 9.17) is 15.6 Å². The van der Waals surface area contributed by atoms with Crippen molar-refractivity contribution in [1.29, 1.82) is 10.5 Å². The van der Waals surface area contributed by atoms with E-state index < -0.39 is 5.97 Å². The van der Waals surface area contributed by atoms with Gasteiger partial charge in [-0.1, -0.05) is 0 Å². The van der Waals surface area contributed by atoms with Crippen LogP contribution in [0.2, 0.25) is 0 Å².